The van der Waals surface area contributed by atoms with Gasteiger partial charge in [0.2, 0.25) is 0 Å². The van der Waals surface area contributed by atoms with Crippen molar-refractivity contribution in [1.29, 1.82) is 0 Å². The first kappa shape index (κ1) is 13.1. The zero-order valence-corrected chi connectivity index (χ0v) is 11.0. The summed E-state index contributed by atoms with van der Waals surface area (Å²) in [5.41, 5.74) is 1.59. The summed E-state index contributed by atoms with van der Waals surface area (Å²) in [5, 5.41) is 0. The predicted molar refractivity (Wildman–Crippen MR) is 73.8 cm³/mol. The van der Waals surface area contributed by atoms with Gasteiger partial charge in [-0.25, -0.2) is 9.78 Å². The minimum absolute atomic E-state index is 0.367. The Morgan fingerprint density at radius 3 is 2.79 bits per heavy atom. The van der Waals surface area contributed by atoms with Crippen molar-refractivity contribution in [2.75, 3.05) is 7.11 Å². The van der Waals surface area contributed by atoms with Crippen LogP contribution >= 0.6 is 0 Å². The molecule has 98 valence electrons. The zero-order valence-electron chi connectivity index (χ0n) is 11.0. The van der Waals surface area contributed by atoms with E-state index in [0.29, 0.717) is 12.2 Å². The van der Waals surface area contributed by atoms with Crippen LogP contribution in [0.15, 0.2) is 42.6 Å². The molecule has 1 heterocycles. The average Bonchev–Trinajstić information content (AvgIpc) is 2.81. The number of hydrogen-bond donors (Lipinski definition) is 0. The van der Waals surface area contributed by atoms with E-state index in [1.54, 1.807) is 0 Å². The number of rotatable bonds is 4. The Bertz CT molecular complexity index is 585. The lowest BCUT2D eigenvalue weighted by atomic mass is 10.2. The van der Waals surface area contributed by atoms with Crippen LogP contribution in [0.25, 0.3) is 6.08 Å². The van der Waals surface area contributed by atoms with Crippen molar-refractivity contribution in [3.63, 3.8) is 0 Å². The highest BCUT2D eigenvalue weighted by Gasteiger charge is 2.13. The summed E-state index contributed by atoms with van der Waals surface area (Å²) >= 11 is 0. The van der Waals surface area contributed by atoms with Crippen LogP contribution in [0.4, 0.5) is 0 Å². The van der Waals surface area contributed by atoms with Crippen molar-refractivity contribution in [1.82, 2.24) is 9.55 Å². The fraction of sp³-hybridized carbons (Fsp3) is 0.200. The quantitative estimate of drug-likeness (QED) is 0.790. The SMILES string of the molecule is COC(=O)c1cnc(C)n1CC=Cc1ccccc1. The summed E-state index contributed by atoms with van der Waals surface area (Å²) in [6, 6.07) is 10.0. The van der Waals surface area contributed by atoms with Crippen LogP contribution in [0.2, 0.25) is 0 Å². The predicted octanol–water partition coefficient (Wildman–Crippen LogP) is 2.69. The Morgan fingerprint density at radius 2 is 2.11 bits per heavy atom. The molecule has 0 spiro atoms. The lowest BCUT2D eigenvalue weighted by molar-refractivity contribution is 0.0589. The summed E-state index contributed by atoms with van der Waals surface area (Å²) in [6.07, 6.45) is 5.55. The Kier molecular flexibility index (Phi) is 4.13. The molecule has 4 heteroatoms. The molecule has 0 amide bonds. The minimum Gasteiger partial charge on any atom is -0.464 e. The summed E-state index contributed by atoms with van der Waals surface area (Å²) in [5.74, 6) is 0.423. The van der Waals surface area contributed by atoms with Gasteiger partial charge in [0.25, 0.3) is 0 Å². The molecule has 0 bridgehead atoms. The largest absolute Gasteiger partial charge is 0.464 e. The molecular weight excluding hydrogens is 240 g/mol. The van der Waals surface area contributed by atoms with Gasteiger partial charge < -0.3 is 9.30 Å². The van der Waals surface area contributed by atoms with E-state index >= 15 is 0 Å². The van der Waals surface area contributed by atoms with Crippen molar-refractivity contribution in [2.45, 2.75) is 13.5 Å². The van der Waals surface area contributed by atoms with E-state index in [9.17, 15) is 4.79 Å². The lowest BCUT2D eigenvalue weighted by Gasteiger charge is -2.05. The molecule has 0 aliphatic carbocycles. The van der Waals surface area contributed by atoms with Crippen molar-refractivity contribution >= 4 is 12.0 Å². The molecule has 0 unspecified atom stereocenters. The number of hydrogen-bond acceptors (Lipinski definition) is 3. The Labute approximate surface area is 112 Å². The molecule has 4 nitrogen and oxygen atoms in total. The van der Waals surface area contributed by atoms with Crippen molar-refractivity contribution in [3.8, 4) is 0 Å². The molecule has 0 saturated carbocycles. The first-order chi connectivity index (χ1) is 9.22. The second-order valence-corrected chi connectivity index (χ2v) is 4.11. The molecule has 0 saturated heterocycles. The number of carbonyl (C=O) groups excluding carboxylic acids is 1. The monoisotopic (exact) mass is 256 g/mol. The second kappa shape index (κ2) is 6.00. The van der Waals surface area contributed by atoms with Gasteiger partial charge in [0.05, 0.1) is 13.3 Å². The maximum absolute atomic E-state index is 11.6. The van der Waals surface area contributed by atoms with Crippen molar-refractivity contribution in [2.24, 2.45) is 0 Å². The highest BCUT2D eigenvalue weighted by atomic mass is 16.5. The van der Waals surface area contributed by atoms with E-state index in [4.69, 9.17) is 4.74 Å². The van der Waals surface area contributed by atoms with Gasteiger partial charge in [-0.1, -0.05) is 42.5 Å². The lowest BCUT2D eigenvalue weighted by Crippen LogP contribution is -2.11. The van der Waals surface area contributed by atoms with Crippen LogP contribution < -0.4 is 0 Å². The van der Waals surface area contributed by atoms with Gasteiger partial charge in [-0.05, 0) is 12.5 Å². The number of methoxy groups -OCH3 is 1. The summed E-state index contributed by atoms with van der Waals surface area (Å²) < 4.78 is 6.56. The second-order valence-electron chi connectivity index (χ2n) is 4.11. The third-order valence-corrected chi connectivity index (χ3v) is 2.85. The summed E-state index contributed by atoms with van der Waals surface area (Å²) in [6.45, 7) is 2.45. The first-order valence-corrected chi connectivity index (χ1v) is 6.04. The standard InChI is InChI=1S/C15H16N2O2/c1-12-16-11-14(15(18)19-2)17(12)10-6-9-13-7-4-3-5-8-13/h3-9,11H,10H2,1-2H3. The smallest absolute Gasteiger partial charge is 0.356 e. The Morgan fingerprint density at radius 1 is 1.37 bits per heavy atom. The molecule has 1 aromatic carbocycles. The fourth-order valence-corrected chi connectivity index (χ4v) is 1.82. The topological polar surface area (TPSA) is 44.1 Å². The maximum atomic E-state index is 11.6. The Balaban J connectivity index is 2.13. The number of ether oxygens (including phenoxy) is 1. The molecule has 0 fully saturated rings. The molecule has 2 aromatic rings. The molecule has 0 N–H and O–H groups in total. The van der Waals surface area contributed by atoms with Gasteiger partial charge in [0.1, 0.15) is 11.5 Å². The molecule has 0 radical (unpaired) electrons. The number of allylic oxidation sites excluding steroid dienone is 1. The highest BCUT2D eigenvalue weighted by molar-refractivity contribution is 5.87. The van der Waals surface area contributed by atoms with Gasteiger partial charge in [-0.3, -0.25) is 0 Å². The van der Waals surface area contributed by atoms with Crippen molar-refractivity contribution in [3.05, 3.63) is 59.7 Å². The van der Waals surface area contributed by atoms with Gasteiger partial charge in [0.15, 0.2) is 0 Å². The third kappa shape index (κ3) is 3.10. The molecule has 19 heavy (non-hydrogen) atoms. The van der Waals surface area contributed by atoms with Gasteiger partial charge in [0, 0.05) is 6.54 Å². The molecule has 1 aromatic heterocycles. The van der Waals surface area contributed by atoms with Crippen LogP contribution in [0.3, 0.4) is 0 Å². The van der Waals surface area contributed by atoms with E-state index in [-0.39, 0.29) is 5.97 Å². The van der Waals surface area contributed by atoms with Gasteiger partial charge >= 0.3 is 5.97 Å². The van der Waals surface area contributed by atoms with Crippen LogP contribution in [0.5, 0.6) is 0 Å². The number of aryl methyl sites for hydroxylation is 1. The molecule has 2 rings (SSSR count). The maximum Gasteiger partial charge on any atom is 0.356 e. The summed E-state index contributed by atoms with van der Waals surface area (Å²) in [7, 11) is 1.37. The Hall–Kier alpha value is -2.36. The number of aromatic nitrogens is 2. The minimum atomic E-state index is -0.367. The van der Waals surface area contributed by atoms with Crippen LogP contribution in [-0.2, 0) is 11.3 Å². The van der Waals surface area contributed by atoms with E-state index in [1.165, 1.54) is 13.3 Å². The van der Waals surface area contributed by atoms with E-state index in [1.807, 2.05) is 54.0 Å². The van der Waals surface area contributed by atoms with Gasteiger partial charge in [-0.2, -0.15) is 0 Å². The van der Waals surface area contributed by atoms with E-state index < -0.39 is 0 Å². The average molecular weight is 256 g/mol. The van der Waals surface area contributed by atoms with Crippen LogP contribution in [-0.4, -0.2) is 22.6 Å². The molecule has 0 aliphatic heterocycles. The molecule has 0 aliphatic rings. The van der Waals surface area contributed by atoms with Crippen molar-refractivity contribution < 1.29 is 9.53 Å². The number of benzene rings is 1. The normalized spacial score (nSPS) is 10.8. The number of esters is 1. The third-order valence-electron chi connectivity index (χ3n) is 2.85. The highest BCUT2D eigenvalue weighted by Crippen LogP contribution is 2.08. The summed E-state index contributed by atoms with van der Waals surface area (Å²) in [4.78, 5) is 15.7. The van der Waals surface area contributed by atoms with Gasteiger partial charge in [-0.15, -0.1) is 0 Å². The fourth-order valence-electron chi connectivity index (χ4n) is 1.82. The number of nitrogens with zero attached hydrogens (tertiary/aromatic N) is 2. The van der Waals surface area contributed by atoms with E-state index in [2.05, 4.69) is 4.98 Å². The molecular formula is C15H16N2O2. The number of carbonyl (C=O) groups is 1. The van der Waals surface area contributed by atoms with Crippen LogP contribution in [0.1, 0.15) is 21.9 Å². The van der Waals surface area contributed by atoms with E-state index in [0.717, 1.165) is 11.4 Å². The first-order valence-electron chi connectivity index (χ1n) is 6.04. The van der Waals surface area contributed by atoms with Crippen LogP contribution in [0, 0.1) is 6.92 Å². The number of imidazole rings is 1. The zero-order chi connectivity index (χ0) is 13.7. The molecule has 0 atom stereocenters.